The predicted octanol–water partition coefficient (Wildman–Crippen LogP) is 36.9. The zero-order valence-electron chi connectivity index (χ0n) is 71.6. The van der Waals surface area contributed by atoms with Crippen molar-refractivity contribution in [3.05, 3.63) is 479 Å². The SMILES string of the molecule is c1cc(-c2cccc(-c3ccc4oc5ccccc5c4c3)c2)cc(-c2cccc(-c3ccc4oc5ccccc5c4c3)c2)c1.c1cc(-c2cccc(-c3ccc4oc5ccccc5c4c3)c2)cc(-c2cccc(-c3ccc4sc5ccccc5c4c3)c2)c1.c1cc(-c2cccc(-c3ccc4sc5ccccc5c4c3)c2)cc(-c2cccc(-n3c4ccccc4c4ccccc43)c2)c1. The number of benzene rings is 21. The summed E-state index contributed by atoms with van der Waals surface area (Å²) in [5.41, 5.74) is 35.7. The van der Waals surface area contributed by atoms with Crippen LogP contribution in [0.5, 0.6) is 0 Å². The van der Waals surface area contributed by atoms with Crippen molar-refractivity contribution >= 4 is 151 Å². The lowest BCUT2D eigenvalue weighted by Crippen LogP contribution is -1.94. The fraction of sp³-hybridized carbons (Fsp3) is 0. The lowest BCUT2D eigenvalue weighted by Gasteiger charge is -2.12. The van der Waals surface area contributed by atoms with Gasteiger partial charge in [-0.15, -0.1) is 22.7 Å². The summed E-state index contributed by atoms with van der Waals surface area (Å²) in [6.07, 6.45) is 0. The maximum absolute atomic E-state index is 6.06. The summed E-state index contributed by atoms with van der Waals surface area (Å²) in [5, 5.41) is 14.8. The van der Waals surface area contributed by atoms with Crippen LogP contribution in [0.15, 0.2) is 492 Å². The first-order valence-corrected chi connectivity index (χ1v) is 46.5. The van der Waals surface area contributed by atoms with E-state index in [1.54, 1.807) is 0 Å². The number of hydrogen-bond donors (Lipinski definition) is 0. The largest absolute Gasteiger partial charge is 0.456 e. The fourth-order valence-corrected chi connectivity index (χ4v) is 21.8. The normalized spacial score (nSPS) is 11.6. The van der Waals surface area contributed by atoms with E-state index in [1.807, 2.05) is 59.1 Å². The maximum Gasteiger partial charge on any atom is 0.135 e. The minimum Gasteiger partial charge on any atom is -0.456 e. The summed E-state index contributed by atoms with van der Waals surface area (Å²) < 4.78 is 25.9. The average molecular weight is 1720 g/mol. The van der Waals surface area contributed by atoms with Gasteiger partial charge in [-0.2, -0.15) is 0 Å². The highest BCUT2D eigenvalue weighted by atomic mass is 32.1. The molecule has 27 aromatic rings. The summed E-state index contributed by atoms with van der Waals surface area (Å²) in [6.45, 7) is 0. The molecule has 0 aliphatic heterocycles. The molecule has 0 spiro atoms. The molecule has 0 aliphatic rings. The van der Waals surface area contributed by atoms with Gasteiger partial charge in [0.15, 0.2) is 0 Å². The number of para-hydroxylation sites is 5. The standard InChI is InChI=1S/C42H27NS.C42H26O2.C42H26OS/c1-4-19-39-35(16-1)36-17-2-5-20-40(36)43(39)34-15-9-14-32(26-34)30-12-7-10-28(24-30)29-11-8-13-31(25-29)33-22-23-42-38(27-33)37-18-3-6-21-41(37)44-42;1-3-16-39-35(14-1)37-25-33(18-20-41(37)43-39)31-12-6-10-29(23-31)27-8-5-9-28(22-27)30-11-7-13-32(24-30)34-19-21-42-38(26-34)36-15-2-4-17-40(36)44-42;1-3-16-39-35(14-1)37-25-33(18-20-40(37)43-39)31-12-6-10-29(23-31)27-8-5-9-28(22-27)30-11-7-13-32(24-30)34-19-21-42-38(26-34)36-15-2-4-17-41(36)44-42/h1-27H;2*1-26H. The zero-order chi connectivity index (χ0) is 87.1. The molecule has 6 heteroatoms. The summed E-state index contributed by atoms with van der Waals surface area (Å²) in [6, 6.07) is 172. The Bertz CT molecular complexity index is 8470. The van der Waals surface area contributed by atoms with Crippen molar-refractivity contribution in [2.75, 3.05) is 0 Å². The van der Waals surface area contributed by atoms with Gasteiger partial charge >= 0.3 is 0 Å². The van der Waals surface area contributed by atoms with E-state index in [0.29, 0.717) is 0 Å². The second kappa shape index (κ2) is 32.8. The van der Waals surface area contributed by atoms with Crippen LogP contribution in [0.2, 0.25) is 0 Å². The van der Waals surface area contributed by atoms with Crippen LogP contribution >= 0.6 is 22.7 Å². The molecule has 6 aromatic heterocycles. The number of nitrogens with zero attached hydrogens (tertiary/aromatic N) is 1. The van der Waals surface area contributed by atoms with Gasteiger partial charge in [0, 0.05) is 89.1 Å². The summed E-state index contributed by atoms with van der Waals surface area (Å²) in [4.78, 5) is 0. The molecule has 618 valence electrons. The summed E-state index contributed by atoms with van der Waals surface area (Å²) >= 11 is 3.73. The van der Waals surface area contributed by atoms with Crippen molar-refractivity contribution in [1.82, 2.24) is 4.57 Å². The van der Waals surface area contributed by atoms with Gasteiger partial charge in [-0.25, -0.2) is 0 Å². The molecular weight excluding hydrogens is 1640 g/mol. The third kappa shape index (κ3) is 14.4. The van der Waals surface area contributed by atoms with Crippen molar-refractivity contribution in [3.8, 4) is 128 Å². The minimum atomic E-state index is 0.916. The first-order valence-electron chi connectivity index (χ1n) is 44.8. The van der Waals surface area contributed by atoms with Crippen LogP contribution in [0.4, 0.5) is 0 Å². The number of thiophene rings is 2. The third-order valence-electron chi connectivity index (χ3n) is 26.1. The van der Waals surface area contributed by atoms with E-state index in [4.69, 9.17) is 13.3 Å². The van der Waals surface area contributed by atoms with E-state index in [-0.39, 0.29) is 0 Å². The molecule has 0 atom stereocenters. The Kier molecular flexibility index (Phi) is 19.3. The lowest BCUT2D eigenvalue weighted by atomic mass is 9.94. The van der Waals surface area contributed by atoms with Crippen LogP contribution < -0.4 is 0 Å². The molecule has 0 fully saturated rings. The van der Waals surface area contributed by atoms with Gasteiger partial charge in [0.25, 0.3) is 0 Å². The van der Waals surface area contributed by atoms with E-state index in [2.05, 4.69) is 447 Å². The van der Waals surface area contributed by atoms with Gasteiger partial charge in [0.05, 0.1) is 11.0 Å². The van der Waals surface area contributed by atoms with Crippen LogP contribution in [0, 0.1) is 0 Å². The molecule has 0 aliphatic carbocycles. The van der Waals surface area contributed by atoms with Crippen LogP contribution in [0.25, 0.3) is 256 Å². The van der Waals surface area contributed by atoms with Gasteiger partial charge in [0.2, 0.25) is 0 Å². The molecule has 0 unspecified atom stereocenters. The molecule has 0 bridgehead atoms. The number of fused-ring (bicyclic) bond motifs is 18. The highest BCUT2D eigenvalue weighted by Crippen LogP contribution is 2.45. The Labute approximate surface area is 770 Å². The first-order chi connectivity index (χ1) is 65.3. The van der Waals surface area contributed by atoms with Crippen molar-refractivity contribution in [2.45, 2.75) is 0 Å². The Morgan fingerprint density at radius 2 is 0.333 bits per heavy atom. The van der Waals surface area contributed by atoms with Crippen LogP contribution in [0.3, 0.4) is 0 Å². The monoisotopic (exact) mass is 1720 g/mol. The first kappa shape index (κ1) is 77.6. The molecule has 132 heavy (non-hydrogen) atoms. The molecule has 0 saturated carbocycles. The number of hydrogen-bond acceptors (Lipinski definition) is 5. The molecule has 0 N–H and O–H groups in total. The quantitative estimate of drug-likeness (QED) is 0.122. The number of furan rings is 3. The fourth-order valence-electron chi connectivity index (χ4n) is 19.6. The maximum atomic E-state index is 6.06. The number of rotatable bonds is 12. The van der Waals surface area contributed by atoms with Gasteiger partial charge in [-0.1, -0.05) is 315 Å². The molecule has 21 aromatic carbocycles. The van der Waals surface area contributed by atoms with E-state index in [1.165, 1.54) is 190 Å². The Balaban J connectivity index is 0.000000106. The van der Waals surface area contributed by atoms with E-state index < -0.39 is 0 Å². The molecule has 6 heterocycles. The van der Waals surface area contributed by atoms with E-state index in [9.17, 15) is 0 Å². The van der Waals surface area contributed by atoms with Crippen LogP contribution in [-0.4, -0.2) is 4.57 Å². The predicted molar refractivity (Wildman–Crippen MR) is 561 cm³/mol. The second-order valence-electron chi connectivity index (χ2n) is 34.1. The van der Waals surface area contributed by atoms with Gasteiger partial charge in [-0.05, 0) is 286 Å². The molecular formula is C126H79NO3S2. The third-order valence-corrected chi connectivity index (χ3v) is 28.4. The molecule has 0 saturated heterocycles. The highest BCUT2D eigenvalue weighted by molar-refractivity contribution is 7.26. The Morgan fingerprint density at radius 3 is 0.629 bits per heavy atom. The molecule has 0 radical (unpaired) electrons. The highest BCUT2D eigenvalue weighted by Gasteiger charge is 2.19. The van der Waals surface area contributed by atoms with Crippen molar-refractivity contribution < 1.29 is 13.3 Å². The Hall–Kier alpha value is -16.7. The van der Waals surface area contributed by atoms with Gasteiger partial charge < -0.3 is 17.8 Å². The number of aromatic nitrogens is 1. The summed E-state index contributed by atoms with van der Waals surface area (Å²) in [5.74, 6) is 0. The van der Waals surface area contributed by atoms with E-state index >= 15 is 0 Å². The smallest absolute Gasteiger partial charge is 0.135 e. The molecule has 27 rings (SSSR count). The average Bonchev–Trinajstić information content (AvgIpc) is 1.60. The lowest BCUT2D eigenvalue weighted by molar-refractivity contribution is 0.668. The topological polar surface area (TPSA) is 44.4 Å². The van der Waals surface area contributed by atoms with Crippen LogP contribution in [-0.2, 0) is 0 Å². The van der Waals surface area contributed by atoms with Crippen molar-refractivity contribution in [1.29, 1.82) is 0 Å². The van der Waals surface area contributed by atoms with Crippen molar-refractivity contribution in [2.24, 2.45) is 0 Å². The van der Waals surface area contributed by atoms with E-state index in [0.717, 1.165) is 65.8 Å². The summed E-state index contributed by atoms with van der Waals surface area (Å²) in [7, 11) is 0. The second-order valence-corrected chi connectivity index (χ2v) is 36.3. The zero-order valence-corrected chi connectivity index (χ0v) is 73.2. The van der Waals surface area contributed by atoms with Crippen molar-refractivity contribution in [3.63, 3.8) is 0 Å². The van der Waals surface area contributed by atoms with Gasteiger partial charge in [0.1, 0.15) is 33.5 Å². The minimum absolute atomic E-state index is 0.916. The van der Waals surface area contributed by atoms with Crippen LogP contribution in [0.1, 0.15) is 0 Å². The Morgan fingerprint density at radius 1 is 0.129 bits per heavy atom. The molecule has 4 nitrogen and oxygen atoms in total. The molecule has 0 amide bonds. The van der Waals surface area contributed by atoms with Gasteiger partial charge in [-0.3, -0.25) is 0 Å².